The van der Waals surface area contributed by atoms with Gasteiger partial charge in [0.15, 0.2) is 0 Å². The van der Waals surface area contributed by atoms with Crippen LogP contribution in [0.25, 0.3) is 11.3 Å². The summed E-state index contributed by atoms with van der Waals surface area (Å²) in [6.45, 7) is 1.83. The van der Waals surface area contributed by atoms with E-state index in [1.165, 1.54) is 10.6 Å². The molecule has 0 N–H and O–H groups in total. The summed E-state index contributed by atoms with van der Waals surface area (Å²) >= 11 is 0. The molecule has 30 heavy (non-hydrogen) atoms. The van der Waals surface area contributed by atoms with Crippen LogP contribution >= 0.6 is 0 Å². The molecule has 1 saturated heterocycles. The second-order valence-electron chi connectivity index (χ2n) is 8.10. The Morgan fingerprint density at radius 1 is 1.00 bits per heavy atom. The number of piperidine rings is 1. The molecule has 7 nitrogen and oxygen atoms in total. The van der Waals surface area contributed by atoms with Gasteiger partial charge in [0.25, 0.3) is 11.1 Å². The first-order chi connectivity index (χ1) is 14.6. The number of nitrogens with zero attached hydrogens (tertiary/aromatic N) is 4. The third-order valence-corrected chi connectivity index (χ3v) is 6.07. The van der Waals surface area contributed by atoms with Crippen molar-refractivity contribution in [3.8, 4) is 11.3 Å². The maximum Gasteiger partial charge on any atom is 0.251 e. The average molecular weight is 402 g/mol. The van der Waals surface area contributed by atoms with Gasteiger partial charge >= 0.3 is 0 Å². The van der Waals surface area contributed by atoms with Crippen molar-refractivity contribution in [2.45, 2.75) is 25.4 Å². The van der Waals surface area contributed by atoms with Crippen LogP contribution < -0.4 is 11.1 Å². The predicted octanol–water partition coefficient (Wildman–Crippen LogP) is 1.72. The van der Waals surface area contributed by atoms with Gasteiger partial charge in [-0.05, 0) is 36.6 Å². The molecule has 2 bridgehead atoms. The monoisotopic (exact) mass is 402 g/mol. The number of likely N-dealkylation sites (tertiary alicyclic amines) is 1. The zero-order valence-corrected chi connectivity index (χ0v) is 16.5. The standard InChI is InChI=1S/C23H22N4O3/c28-21-6-2-4-8-25(21)15-23(30)26-12-16-9-18(14-26)20-10-17(11-22(29)27(20)13-16)19-5-1-3-7-24-19/h1-8,10-11,16,18H,9,12-15H2/t16-,18+/m0/s1. The van der Waals surface area contributed by atoms with Crippen LogP contribution in [0.5, 0.6) is 0 Å². The molecular formula is C23H22N4O3. The highest BCUT2D eigenvalue weighted by Gasteiger charge is 2.36. The number of carbonyl (C=O) groups is 1. The summed E-state index contributed by atoms with van der Waals surface area (Å²) in [7, 11) is 0. The van der Waals surface area contributed by atoms with Crippen LogP contribution in [0.2, 0.25) is 0 Å². The molecule has 5 rings (SSSR count). The summed E-state index contributed by atoms with van der Waals surface area (Å²) in [6, 6.07) is 14.2. The topological polar surface area (TPSA) is 77.2 Å². The number of rotatable bonds is 3. The van der Waals surface area contributed by atoms with Crippen molar-refractivity contribution in [3.05, 3.63) is 87.3 Å². The number of hydrogen-bond acceptors (Lipinski definition) is 4. The zero-order valence-electron chi connectivity index (χ0n) is 16.5. The minimum atomic E-state index is -0.181. The quantitative estimate of drug-likeness (QED) is 0.668. The maximum absolute atomic E-state index is 12.9. The molecule has 2 aliphatic rings. The lowest BCUT2D eigenvalue weighted by Crippen LogP contribution is -2.50. The molecule has 0 radical (unpaired) electrons. The lowest BCUT2D eigenvalue weighted by Gasteiger charge is -2.43. The Morgan fingerprint density at radius 2 is 1.87 bits per heavy atom. The molecule has 0 aliphatic carbocycles. The van der Waals surface area contributed by atoms with E-state index in [-0.39, 0.29) is 35.4 Å². The molecule has 0 saturated carbocycles. The summed E-state index contributed by atoms with van der Waals surface area (Å²) < 4.78 is 3.29. The van der Waals surface area contributed by atoms with Gasteiger partial charge in [-0.25, -0.2) is 0 Å². The minimum Gasteiger partial charge on any atom is -0.340 e. The Balaban J connectivity index is 1.43. The molecule has 7 heteroatoms. The molecule has 1 amide bonds. The van der Waals surface area contributed by atoms with Crippen molar-refractivity contribution in [1.82, 2.24) is 19.0 Å². The average Bonchev–Trinajstić information content (AvgIpc) is 2.76. The second-order valence-corrected chi connectivity index (χ2v) is 8.10. The fraction of sp³-hybridized carbons (Fsp3) is 0.304. The van der Waals surface area contributed by atoms with Crippen LogP contribution in [0.4, 0.5) is 0 Å². The van der Waals surface area contributed by atoms with Crippen LogP contribution in [0.3, 0.4) is 0 Å². The van der Waals surface area contributed by atoms with Crippen LogP contribution in [0, 0.1) is 5.92 Å². The third-order valence-electron chi connectivity index (χ3n) is 6.07. The lowest BCUT2D eigenvalue weighted by molar-refractivity contribution is -0.134. The SMILES string of the molecule is O=C(Cn1ccccc1=O)N1C[C@@H]2C[C@H](C1)c1cc(-c3ccccn3)cc(=O)n1C2. The van der Waals surface area contributed by atoms with Crippen LogP contribution in [0.15, 0.2) is 70.5 Å². The summed E-state index contributed by atoms with van der Waals surface area (Å²) in [5.41, 5.74) is 2.35. The first kappa shape index (κ1) is 18.5. The molecule has 0 spiro atoms. The molecular weight excluding hydrogens is 380 g/mol. The fourth-order valence-electron chi connectivity index (χ4n) is 4.68. The summed E-state index contributed by atoms with van der Waals surface area (Å²) in [6.07, 6.45) is 4.31. The molecule has 1 fully saturated rings. The third kappa shape index (κ3) is 3.36. The summed E-state index contributed by atoms with van der Waals surface area (Å²) in [5, 5.41) is 0. The molecule has 0 unspecified atom stereocenters. The van der Waals surface area contributed by atoms with Gasteiger partial charge in [-0.15, -0.1) is 0 Å². The molecule has 3 aromatic heterocycles. The van der Waals surface area contributed by atoms with Crippen LogP contribution in [-0.2, 0) is 17.9 Å². The Labute approximate surface area is 173 Å². The van der Waals surface area contributed by atoms with Gasteiger partial charge in [0, 0.05) is 61.3 Å². The minimum absolute atomic E-state index is 0.0153. The highest BCUT2D eigenvalue weighted by molar-refractivity contribution is 5.76. The van der Waals surface area contributed by atoms with E-state index in [2.05, 4.69) is 4.98 Å². The van der Waals surface area contributed by atoms with Crippen LogP contribution in [-0.4, -0.2) is 38.0 Å². The van der Waals surface area contributed by atoms with E-state index in [1.54, 1.807) is 30.6 Å². The maximum atomic E-state index is 12.9. The normalized spacial score (nSPS) is 19.9. The summed E-state index contributed by atoms with van der Waals surface area (Å²) in [5.74, 6) is 0.283. The second kappa shape index (κ2) is 7.40. The smallest absolute Gasteiger partial charge is 0.251 e. The fourth-order valence-corrected chi connectivity index (χ4v) is 4.68. The molecule has 2 aliphatic heterocycles. The van der Waals surface area contributed by atoms with E-state index in [4.69, 9.17) is 0 Å². The van der Waals surface area contributed by atoms with Crippen molar-refractivity contribution in [3.63, 3.8) is 0 Å². The number of hydrogen-bond donors (Lipinski definition) is 0. The van der Waals surface area contributed by atoms with Crippen molar-refractivity contribution < 1.29 is 4.79 Å². The molecule has 3 aromatic rings. The van der Waals surface area contributed by atoms with Gasteiger partial charge in [-0.2, -0.15) is 0 Å². The first-order valence-electron chi connectivity index (χ1n) is 10.2. The molecule has 152 valence electrons. The van der Waals surface area contributed by atoms with E-state index in [0.29, 0.717) is 19.6 Å². The van der Waals surface area contributed by atoms with Crippen molar-refractivity contribution >= 4 is 5.91 Å². The van der Waals surface area contributed by atoms with Gasteiger partial charge in [-0.3, -0.25) is 19.4 Å². The largest absolute Gasteiger partial charge is 0.340 e. The Morgan fingerprint density at radius 3 is 2.67 bits per heavy atom. The van der Waals surface area contributed by atoms with Gasteiger partial charge in [0.05, 0.1) is 5.69 Å². The molecule has 2 atom stereocenters. The van der Waals surface area contributed by atoms with Crippen molar-refractivity contribution in [2.75, 3.05) is 13.1 Å². The zero-order chi connectivity index (χ0) is 20.7. The Hall–Kier alpha value is -3.48. The highest BCUT2D eigenvalue weighted by atomic mass is 16.2. The number of amides is 1. The number of fused-ring (bicyclic) bond motifs is 4. The Kier molecular flexibility index (Phi) is 4.58. The lowest BCUT2D eigenvalue weighted by atomic mass is 9.82. The van der Waals surface area contributed by atoms with Crippen LogP contribution in [0.1, 0.15) is 18.0 Å². The molecule has 0 aromatic carbocycles. The Bertz CT molecular complexity index is 1210. The highest BCUT2D eigenvalue weighted by Crippen LogP contribution is 2.36. The van der Waals surface area contributed by atoms with Crippen molar-refractivity contribution in [2.24, 2.45) is 5.92 Å². The number of pyridine rings is 3. The van der Waals surface area contributed by atoms with Gasteiger partial charge < -0.3 is 14.0 Å². The van der Waals surface area contributed by atoms with E-state index < -0.39 is 0 Å². The van der Waals surface area contributed by atoms with Gasteiger partial charge in [0.1, 0.15) is 6.54 Å². The van der Waals surface area contributed by atoms with Gasteiger partial charge in [-0.1, -0.05) is 12.1 Å². The van der Waals surface area contributed by atoms with E-state index in [0.717, 1.165) is 23.4 Å². The number of carbonyl (C=O) groups excluding carboxylic acids is 1. The van der Waals surface area contributed by atoms with E-state index in [1.807, 2.05) is 33.7 Å². The van der Waals surface area contributed by atoms with E-state index in [9.17, 15) is 14.4 Å². The van der Waals surface area contributed by atoms with E-state index >= 15 is 0 Å². The predicted molar refractivity (Wildman–Crippen MR) is 112 cm³/mol. The van der Waals surface area contributed by atoms with Gasteiger partial charge in [0.2, 0.25) is 5.91 Å². The summed E-state index contributed by atoms with van der Waals surface area (Å²) in [4.78, 5) is 43.9. The first-order valence-corrected chi connectivity index (χ1v) is 10.2. The number of aromatic nitrogens is 3. The molecule has 5 heterocycles. The van der Waals surface area contributed by atoms with Crippen molar-refractivity contribution in [1.29, 1.82) is 0 Å².